The van der Waals surface area contributed by atoms with Crippen LogP contribution in [0.3, 0.4) is 0 Å². The highest BCUT2D eigenvalue weighted by Crippen LogP contribution is 2.32. The first-order valence-corrected chi connectivity index (χ1v) is 11.8. The Balaban J connectivity index is 1.49. The third-order valence-corrected chi connectivity index (χ3v) is 6.77. The quantitative estimate of drug-likeness (QED) is 0.398. The Labute approximate surface area is 196 Å². The molecule has 33 heavy (non-hydrogen) atoms. The van der Waals surface area contributed by atoms with Gasteiger partial charge in [-0.05, 0) is 56.4 Å². The Hall–Kier alpha value is -3.33. The van der Waals surface area contributed by atoms with Gasteiger partial charge in [-0.25, -0.2) is 9.69 Å². The lowest BCUT2D eigenvalue weighted by atomic mass is 9.97. The first-order valence-electron chi connectivity index (χ1n) is 10.6. The molecule has 0 unspecified atom stereocenters. The van der Waals surface area contributed by atoms with Crippen molar-refractivity contribution in [1.29, 1.82) is 0 Å². The number of urea groups is 1. The average Bonchev–Trinajstić information content (AvgIpc) is 3.07. The second kappa shape index (κ2) is 9.27. The monoisotopic (exact) mass is 467 g/mol. The first-order chi connectivity index (χ1) is 15.8. The minimum Gasteiger partial charge on any atom is -0.496 e. The molecule has 0 aliphatic carbocycles. The van der Waals surface area contributed by atoms with Gasteiger partial charge in [0.05, 0.1) is 18.4 Å². The molecular weight excluding hydrogens is 442 g/mol. The number of piperidine rings is 1. The number of hydrogen-bond donors (Lipinski definition) is 1. The molecule has 4 rings (SSSR count). The summed E-state index contributed by atoms with van der Waals surface area (Å²) in [5.41, 5.74) is 1.24. The maximum atomic E-state index is 13.1. The molecule has 4 amide bonds. The fourth-order valence-corrected chi connectivity index (χ4v) is 4.71. The third-order valence-electron chi connectivity index (χ3n) is 6.04. The SMILES string of the molecule is COc1cc(SC)ccc1C(=O)N[C@H]1CCN2C(=O)N(c3cccc(C(C)=O)c3)C(=O)[C@@H]2C1. The van der Waals surface area contributed by atoms with Crippen LogP contribution in [-0.4, -0.2) is 60.5 Å². The van der Waals surface area contributed by atoms with Crippen molar-refractivity contribution in [2.75, 3.05) is 24.8 Å². The predicted octanol–water partition coefficient (Wildman–Crippen LogP) is 3.35. The van der Waals surface area contributed by atoms with Crippen molar-refractivity contribution in [3.63, 3.8) is 0 Å². The average molecular weight is 468 g/mol. The number of benzene rings is 2. The Kier molecular flexibility index (Phi) is 6.42. The number of amides is 4. The standard InChI is InChI=1S/C24H25N3O5S/c1-14(28)15-5-4-6-17(11-15)27-23(30)20-12-16(9-10-26(20)24(27)31)25-22(29)19-8-7-18(33-3)13-21(19)32-2/h4-8,11,13,16,20H,9-10,12H2,1-3H3,(H,25,29)/t16-,20-/m0/s1. The van der Waals surface area contributed by atoms with Gasteiger partial charge in [0.15, 0.2) is 5.78 Å². The van der Waals surface area contributed by atoms with Crippen LogP contribution in [-0.2, 0) is 4.79 Å². The molecule has 0 aromatic heterocycles. The van der Waals surface area contributed by atoms with Crippen LogP contribution in [0.5, 0.6) is 5.75 Å². The summed E-state index contributed by atoms with van der Waals surface area (Å²) in [5, 5.41) is 2.99. The van der Waals surface area contributed by atoms with E-state index in [1.165, 1.54) is 14.0 Å². The van der Waals surface area contributed by atoms with Crippen molar-refractivity contribution in [1.82, 2.24) is 10.2 Å². The van der Waals surface area contributed by atoms with Gasteiger partial charge in [-0.15, -0.1) is 11.8 Å². The second-order valence-corrected chi connectivity index (χ2v) is 8.91. The van der Waals surface area contributed by atoms with Crippen LogP contribution < -0.4 is 15.0 Å². The van der Waals surface area contributed by atoms with Crippen LogP contribution in [0.1, 0.15) is 40.5 Å². The summed E-state index contributed by atoms with van der Waals surface area (Å²) in [6.45, 7) is 1.79. The number of imide groups is 1. The molecule has 2 aromatic carbocycles. The van der Waals surface area contributed by atoms with Crippen molar-refractivity contribution >= 4 is 41.1 Å². The molecular formula is C24H25N3O5S. The highest BCUT2D eigenvalue weighted by Gasteiger charge is 2.48. The van der Waals surface area contributed by atoms with Gasteiger partial charge in [-0.1, -0.05) is 12.1 Å². The highest BCUT2D eigenvalue weighted by atomic mass is 32.2. The molecule has 0 saturated carbocycles. The van der Waals surface area contributed by atoms with Crippen LogP contribution in [0.2, 0.25) is 0 Å². The van der Waals surface area contributed by atoms with E-state index in [4.69, 9.17) is 4.74 Å². The lowest BCUT2D eigenvalue weighted by Crippen LogP contribution is -2.49. The molecule has 1 N–H and O–H groups in total. The van der Waals surface area contributed by atoms with Gasteiger partial charge in [0.1, 0.15) is 11.8 Å². The van der Waals surface area contributed by atoms with Gasteiger partial charge < -0.3 is 15.0 Å². The number of thioether (sulfide) groups is 1. The van der Waals surface area contributed by atoms with Crippen LogP contribution in [0.4, 0.5) is 10.5 Å². The number of methoxy groups -OCH3 is 1. The number of nitrogens with zero attached hydrogens (tertiary/aromatic N) is 2. The minimum absolute atomic E-state index is 0.141. The molecule has 9 heteroatoms. The predicted molar refractivity (Wildman–Crippen MR) is 125 cm³/mol. The molecule has 2 saturated heterocycles. The number of fused-ring (bicyclic) bond motifs is 1. The van der Waals surface area contributed by atoms with Gasteiger partial charge in [0.2, 0.25) is 0 Å². The van der Waals surface area contributed by atoms with E-state index in [9.17, 15) is 19.2 Å². The second-order valence-electron chi connectivity index (χ2n) is 8.03. The number of ketones is 1. The van der Waals surface area contributed by atoms with Gasteiger partial charge in [-0.3, -0.25) is 14.4 Å². The van der Waals surface area contributed by atoms with Crippen LogP contribution in [0, 0.1) is 0 Å². The summed E-state index contributed by atoms with van der Waals surface area (Å²) in [7, 11) is 1.52. The highest BCUT2D eigenvalue weighted by molar-refractivity contribution is 7.98. The van der Waals surface area contributed by atoms with Crippen LogP contribution >= 0.6 is 11.8 Å². The van der Waals surface area contributed by atoms with Gasteiger partial charge in [-0.2, -0.15) is 0 Å². The molecule has 172 valence electrons. The zero-order valence-electron chi connectivity index (χ0n) is 18.7. The minimum atomic E-state index is -0.654. The zero-order chi connectivity index (χ0) is 23.7. The summed E-state index contributed by atoms with van der Waals surface area (Å²) in [6, 6.07) is 10.6. The van der Waals surface area contributed by atoms with Gasteiger partial charge in [0, 0.05) is 23.0 Å². The summed E-state index contributed by atoms with van der Waals surface area (Å²) in [4.78, 5) is 54.4. The molecule has 0 radical (unpaired) electrons. The molecule has 8 nitrogen and oxygen atoms in total. The van der Waals surface area contributed by atoms with Crippen molar-refractivity contribution in [3.8, 4) is 5.75 Å². The number of carbonyl (C=O) groups excluding carboxylic acids is 4. The number of hydrogen-bond acceptors (Lipinski definition) is 6. The zero-order valence-corrected chi connectivity index (χ0v) is 19.5. The smallest absolute Gasteiger partial charge is 0.332 e. The maximum Gasteiger partial charge on any atom is 0.332 e. The molecule has 2 aliphatic rings. The van der Waals surface area contributed by atoms with E-state index in [-0.39, 0.29) is 23.6 Å². The number of anilines is 1. The molecule has 2 atom stereocenters. The Morgan fingerprint density at radius 1 is 1.15 bits per heavy atom. The number of rotatable bonds is 6. The van der Waals surface area contributed by atoms with E-state index in [2.05, 4.69) is 5.32 Å². The fraction of sp³-hybridized carbons (Fsp3) is 0.333. The molecule has 0 spiro atoms. The number of Topliss-reactive ketones (excluding diaryl/α,β-unsaturated/α-hetero) is 1. The molecule has 2 aromatic rings. The Morgan fingerprint density at radius 3 is 2.64 bits per heavy atom. The maximum absolute atomic E-state index is 13.1. The van der Waals surface area contributed by atoms with E-state index in [1.54, 1.807) is 47.0 Å². The third kappa shape index (κ3) is 4.32. The van der Waals surface area contributed by atoms with E-state index in [0.29, 0.717) is 42.0 Å². The van der Waals surface area contributed by atoms with E-state index in [1.807, 2.05) is 18.4 Å². The molecule has 2 fully saturated rings. The van der Waals surface area contributed by atoms with E-state index >= 15 is 0 Å². The summed E-state index contributed by atoms with van der Waals surface area (Å²) < 4.78 is 5.38. The topological polar surface area (TPSA) is 96.0 Å². The van der Waals surface area contributed by atoms with E-state index < -0.39 is 12.1 Å². The van der Waals surface area contributed by atoms with E-state index in [0.717, 1.165) is 9.80 Å². The van der Waals surface area contributed by atoms with Crippen molar-refractivity contribution in [2.24, 2.45) is 0 Å². The van der Waals surface area contributed by atoms with Gasteiger partial charge >= 0.3 is 6.03 Å². The summed E-state index contributed by atoms with van der Waals surface area (Å²) in [6.07, 6.45) is 2.81. The number of ether oxygens (including phenoxy) is 1. The van der Waals surface area contributed by atoms with Gasteiger partial charge in [0.25, 0.3) is 11.8 Å². The molecule has 0 bridgehead atoms. The summed E-state index contributed by atoms with van der Waals surface area (Å²) in [5.74, 6) is -0.278. The van der Waals surface area contributed by atoms with Crippen molar-refractivity contribution < 1.29 is 23.9 Å². The number of carbonyl (C=O) groups is 4. The number of nitrogens with one attached hydrogen (secondary N) is 1. The van der Waals surface area contributed by atoms with Crippen molar-refractivity contribution in [2.45, 2.75) is 36.7 Å². The molecule has 2 heterocycles. The summed E-state index contributed by atoms with van der Waals surface area (Å²) >= 11 is 1.56. The first kappa shape index (κ1) is 22.8. The van der Waals surface area contributed by atoms with Crippen molar-refractivity contribution in [3.05, 3.63) is 53.6 Å². The molecule has 2 aliphatic heterocycles. The lowest BCUT2D eigenvalue weighted by molar-refractivity contribution is -0.120. The normalized spacial score (nSPS) is 20.0. The Morgan fingerprint density at radius 2 is 1.94 bits per heavy atom. The Bertz CT molecular complexity index is 1130. The van der Waals surface area contributed by atoms with Crippen LogP contribution in [0.25, 0.3) is 0 Å². The largest absolute Gasteiger partial charge is 0.496 e. The van der Waals surface area contributed by atoms with Crippen LogP contribution in [0.15, 0.2) is 47.4 Å². The fourth-order valence-electron chi connectivity index (χ4n) is 4.28. The lowest BCUT2D eigenvalue weighted by Gasteiger charge is -2.32.